The average Bonchev–Trinajstić information content (AvgIpc) is 3.06. The summed E-state index contributed by atoms with van der Waals surface area (Å²) in [6, 6.07) is 15.9. The van der Waals surface area contributed by atoms with Crippen molar-refractivity contribution in [2.75, 3.05) is 13.6 Å². The zero-order valence-corrected chi connectivity index (χ0v) is 14.0. The van der Waals surface area contributed by atoms with Crippen LogP contribution in [0.25, 0.3) is 0 Å². The first-order valence-electron chi connectivity index (χ1n) is 7.63. The van der Waals surface area contributed by atoms with E-state index in [2.05, 4.69) is 73.6 Å². The molecule has 2 aromatic rings. The van der Waals surface area contributed by atoms with Crippen molar-refractivity contribution in [2.24, 2.45) is 5.73 Å². The molecule has 0 aliphatic carbocycles. The number of benzene rings is 1. The van der Waals surface area contributed by atoms with Gasteiger partial charge in [-0.15, -0.1) is 11.3 Å². The van der Waals surface area contributed by atoms with Gasteiger partial charge in [-0.1, -0.05) is 43.3 Å². The van der Waals surface area contributed by atoms with Crippen molar-refractivity contribution in [1.29, 1.82) is 0 Å². The van der Waals surface area contributed by atoms with Gasteiger partial charge in [-0.3, -0.25) is 4.90 Å². The number of rotatable bonds is 7. The van der Waals surface area contributed by atoms with Crippen LogP contribution in [0.5, 0.6) is 0 Å². The van der Waals surface area contributed by atoms with E-state index < -0.39 is 0 Å². The van der Waals surface area contributed by atoms with Crippen molar-refractivity contribution >= 4 is 11.3 Å². The maximum Gasteiger partial charge on any atom is 0.0413 e. The van der Waals surface area contributed by atoms with Gasteiger partial charge in [0.25, 0.3) is 0 Å². The van der Waals surface area contributed by atoms with E-state index in [4.69, 9.17) is 5.73 Å². The molecule has 3 unspecified atom stereocenters. The molecule has 114 valence electrons. The molecule has 2 N–H and O–H groups in total. The van der Waals surface area contributed by atoms with Gasteiger partial charge in [0.2, 0.25) is 0 Å². The standard InChI is InChI=1S/C18H26N2S/c1-14(16-8-5-4-6-9-16)12-17(13-19)20(3)15(2)18-10-7-11-21-18/h4-11,14-15,17H,12-13,19H2,1-3H3. The van der Waals surface area contributed by atoms with E-state index in [0.29, 0.717) is 24.5 Å². The average molecular weight is 302 g/mol. The molecule has 1 aromatic heterocycles. The highest BCUT2D eigenvalue weighted by Crippen LogP contribution is 2.28. The summed E-state index contributed by atoms with van der Waals surface area (Å²) in [4.78, 5) is 3.83. The topological polar surface area (TPSA) is 29.3 Å². The van der Waals surface area contributed by atoms with Gasteiger partial charge in [0.05, 0.1) is 0 Å². The third-order valence-electron chi connectivity index (χ3n) is 4.41. The third kappa shape index (κ3) is 4.16. The van der Waals surface area contributed by atoms with Gasteiger partial charge in [-0.05, 0) is 43.3 Å². The van der Waals surface area contributed by atoms with Gasteiger partial charge in [-0.2, -0.15) is 0 Å². The number of likely N-dealkylation sites (N-methyl/N-ethyl adjacent to an activating group) is 1. The Balaban J connectivity index is 2.02. The monoisotopic (exact) mass is 302 g/mol. The molecule has 3 atom stereocenters. The third-order valence-corrected chi connectivity index (χ3v) is 5.45. The molecule has 0 amide bonds. The highest BCUT2D eigenvalue weighted by Gasteiger charge is 2.22. The van der Waals surface area contributed by atoms with E-state index in [0.717, 1.165) is 6.42 Å². The Kier molecular flexibility index (Phi) is 5.97. The summed E-state index contributed by atoms with van der Waals surface area (Å²) < 4.78 is 0. The van der Waals surface area contributed by atoms with E-state index in [1.807, 2.05) is 11.3 Å². The second-order valence-corrected chi connectivity index (χ2v) is 6.77. The number of nitrogens with two attached hydrogens (primary N) is 1. The largest absolute Gasteiger partial charge is 0.329 e. The zero-order chi connectivity index (χ0) is 15.2. The molecule has 0 radical (unpaired) electrons. The molecule has 1 heterocycles. The van der Waals surface area contributed by atoms with Gasteiger partial charge in [0.1, 0.15) is 0 Å². The Hall–Kier alpha value is -1.16. The Labute approximate surface area is 132 Å². The lowest BCUT2D eigenvalue weighted by Gasteiger charge is -2.33. The summed E-state index contributed by atoms with van der Waals surface area (Å²) in [5.74, 6) is 0.526. The molecule has 2 rings (SSSR count). The van der Waals surface area contributed by atoms with Crippen molar-refractivity contribution in [2.45, 2.75) is 38.3 Å². The van der Waals surface area contributed by atoms with Gasteiger partial charge >= 0.3 is 0 Å². The zero-order valence-electron chi connectivity index (χ0n) is 13.2. The molecular formula is C18H26N2S. The van der Waals surface area contributed by atoms with E-state index in [-0.39, 0.29) is 0 Å². The van der Waals surface area contributed by atoms with Crippen LogP contribution in [0.4, 0.5) is 0 Å². The molecule has 2 nitrogen and oxygen atoms in total. The number of nitrogens with zero attached hydrogens (tertiary/aromatic N) is 1. The SMILES string of the molecule is CC(CC(CN)N(C)C(C)c1cccs1)c1ccccc1. The van der Waals surface area contributed by atoms with Crippen LogP contribution < -0.4 is 5.73 Å². The van der Waals surface area contributed by atoms with Crippen LogP contribution in [0.15, 0.2) is 47.8 Å². The quantitative estimate of drug-likeness (QED) is 0.828. The Bertz CT molecular complexity index is 509. The molecule has 0 saturated heterocycles. The van der Waals surface area contributed by atoms with E-state index in [9.17, 15) is 0 Å². The second-order valence-electron chi connectivity index (χ2n) is 5.79. The van der Waals surface area contributed by atoms with E-state index in [1.54, 1.807) is 0 Å². The molecule has 0 aliphatic heterocycles. The lowest BCUT2D eigenvalue weighted by atomic mass is 9.93. The molecule has 3 heteroatoms. The van der Waals surface area contributed by atoms with Crippen molar-refractivity contribution < 1.29 is 0 Å². The smallest absolute Gasteiger partial charge is 0.0413 e. The van der Waals surface area contributed by atoms with E-state index in [1.165, 1.54) is 10.4 Å². The molecule has 0 fully saturated rings. The van der Waals surface area contributed by atoms with Gasteiger partial charge < -0.3 is 5.73 Å². The minimum absolute atomic E-state index is 0.400. The lowest BCUT2D eigenvalue weighted by Crippen LogP contribution is -2.40. The predicted octanol–water partition coefficient (Wildman–Crippen LogP) is 4.26. The summed E-state index contributed by atoms with van der Waals surface area (Å²) in [5.41, 5.74) is 7.45. The minimum Gasteiger partial charge on any atom is -0.329 e. The fraction of sp³-hybridized carbons (Fsp3) is 0.444. The van der Waals surface area contributed by atoms with Crippen LogP contribution in [0.2, 0.25) is 0 Å². The Morgan fingerprint density at radius 1 is 1.10 bits per heavy atom. The van der Waals surface area contributed by atoms with Gasteiger partial charge in [-0.25, -0.2) is 0 Å². The van der Waals surface area contributed by atoms with Crippen LogP contribution >= 0.6 is 11.3 Å². The molecule has 1 aromatic carbocycles. The molecule has 0 bridgehead atoms. The van der Waals surface area contributed by atoms with Crippen LogP contribution in [-0.2, 0) is 0 Å². The van der Waals surface area contributed by atoms with Crippen molar-refractivity contribution in [3.05, 3.63) is 58.3 Å². The molecule has 0 aliphatic rings. The minimum atomic E-state index is 0.400. The first-order chi connectivity index (χ1) is 10.1. The first kappa shape index (κ1) is 16.2. The van der Waals surface area contributed by atoms with Gasteiger partial charge in [0.15, 0.2) is 0 Å². The van der Waals surface area contributed by atoms with Crippen LogP contribution in [0.3, 0.4) is 0 Å². The summed E-state index contributed by atoms with van der Waals surface area (Å²) in [6.07, 6.45) is 1.09. The Morgan fingerprint density at radius 2 is 1.81 bits per heavy atom. The molecular weight excluding hydrogens is 276 g/mol. The summed E-state index contributed by atoms with van der Waals surface area (Å²) in [5, 5.41) is 2.14. The lowest BCUT2D eigenvalue weighted by molar-refractivity contribution is 0.176. The molecule has 0 spiro atoms. The summed E-state index contributed by atoms with van der Waals surface area (Å²) in [6.45, 7) is 5.26. The van der Waals surface area contributed by atoms with Crippen LogP contribution in [0.1, 0.15) is 42.7 Å². The predicted molar refractivity (Wildman–Crippen MR) is 92.8 cm³/mol. The van der Waals surface area contributed by atoms with Gasteiger partial charge in [0, 0.05) is 23.5 Å². The highest BCUT2D eigenvalue weighted by atomic mass is 32.1. The number of thiophene rings is 1. The maximum atomic E-state index is 6.05. The molecule has 21 heavy (non-hydrogen) atoms. The van der Waals surface area contributed by atoms with Crippen LogP contribution in [-0.4, -0.2) is 24.5 Å². The number of hydrogen-bond donors (Lipinski definition) is 1. The number of hydrogen-bond acceptors (Lipinski definition) is 3. The maximum absolute atomic E-state index is 6.05. The normalized spacial score (nSPS) is 15.9. The van der Waals surface area contributed by atoms with Crippen molar-refractivity contribution in [3.63, 3.8) is 0 Å². The molecule has 0 saturated carbocycles. The highest BCUT2D eigenvalue weighted by molar-refractivity contribution is 7.10. The fourth-order valence-electron chi connectivity index (χ4n) is 2.80. The second kappa shape index (κ2) is 7.74. The Morgan fingerprint density at radius 3 is 2.38 bits per heavy atom. The summed E-state index contributed by atoms with van der Waals surface area (Å²) >= 11 is 1.82. The van der Waals surface area contributed by atoms with Crippen molar-refractivity contribution in [3.8, 4) is 0 Å². The van der Waals surface area contributed by atoms with Crippen molar-refractivity contribution in [1.82, 2.24) is 4.90 Å². The fourth-order valence-corrected chi connectivity index (χ4v) is 3.64. The van der Waals surface area contributed by atoms with Crippen LogP contribution in [0, 0.1) is 0 Å². The van der Waals surface area contributed by atoms with E-state index >= 15 is 0 Å². The first-order valence-corrected chi connectivity index (χ1v) is 8.51. The summed E-state index contributed by atoms with van der Waals surface area (Å²) in [7, 11) is 2.19.